The normalized spacial score (nSPS) is 17.3. The number of tetrazole rings is 1. The Labute approximate surface area is 166 Å². The van der Waals surface area contributed by atoms with Crippen LogP contribution in [-0.2, 0) is 21.3 Å². The second kappa shape index (κ2) is 8.51. The Morgan fingerprint density at radius 2 is 2.25 bits per heavy atom. The van der Waals surface area contributed by atoms with Crippen molar-refractivity contribution in [3.05, 3.63) is 28.3 Å². The monoisotopic (exact) mass is 428 g/mol. The number of benzene rings is 1. The minimum absolute atomic E-state index is 0.00691. The molecule has 0 saturated carbocycles. The predicted molar refractivity (Wildman–Crippen MR) is 99.5 cm³/mol. The molecule has 1 aliphatic heterocycles. The summed E-state index contributed by atoms with van der Waals surface area (Å²) in [6.07, 6.45) is 1.88. The molecule has 11 nitrogen and oxygen atoms in total. The van der Waals surface area contributed by atoms with Gasteiger partial charge in [-0.1, -0.05) is 0 Å². The lowest BCUT2D eigenvalue weighted by atomic mass is 10.2. The Morgan fingerprint density at radius 1 is 1.46 bits per heavy atom. The number of nitrogens with zero attached hydrogens (tertiary/aromatic N) is 5. The molecule has 1 N–H and O–H groups in total. The summed E-state index contributed by atoms with van der Waals surface area (Å²) in [5.74, 6) is 0. The van der Waals surface area contributed by atoms with Crippen LogP contribution in [0.1, 0.15) is 26.7 Å². The van der Waals surface area contributed by atoms with E-state index in [0.29, 0.717) is 18.3 Å². The highest BCUT2D eigenvalue weighted by Gasteiger charge is 2.25. The van der Waals surface area contributed by atoms with Crippen LogP contribution in [0.15, 0.2) is 33.1 Å². The summed E-state index contributed by atoms with van der Waals surface area (Å²) in [5.41, 5.74) is -0.330. The lowest BCUT2D eigenvalue weighted by Gasteiger charge is -2.11. The van der Waals surface area contributed by atoms with E-state index in [2.05, 4.69) is 20.2 Å². The van der Waals surface area contributed by atoms with Crippen molar-refractivity contribution in [3.8, 4) is 0 Å². The van der Waals surface area contributed by atoms with E-state index < -0.39 is 14.9 Å². The average molecular weight is 428 g/mol. The van der Waals surface area contributed by atoms with Crippen LogP contribution in [0, 0.1) is 10.1 Å². The Morgan fingerprint density at radius 3 is 2.89 bits per heavy atom. The van der Waals surface area contributed by atoms with Crippen LogP contribution in [0.25, 0.3) is 0 Å². The highest BCUT2D eigenvalue weighted by molar-refractivity contribution is 7.99. The van der Waals surface area contributed by atoms with Gasteiger partial charge in [0.1, 0.15) is 0 Å². The van der Waals surface area contributed by atoms with Gasteiger partial charge < -0.3 is 4.74 Å². The molecule has 1 aromatic heterocycles. The first-order valence-electron chi connectivity index (χ1n) is 8.62. The fourth-order valence-corrected chi connectivity index (χ4v) is 4.87. The SMILES string of the molecule is CC(C)NS(=O)(=O)c1ccc(Sc2nnnn2CC2CCCO2)c([N+](=O)[O-])c1. The highest BCUT2D eigenvalue weighted by atomic mass is 32.2. The number of hydrogen-bond donors (Lipinski definition) is 1. The van der Waals surface area contributed by atoms with Gasteiger partial charge >= 0.3 is 0 Å². The van der Waals surface area contributed by atoms with Crippen LogP contribution in [-0.4, -0.2) is 52.3 Å². The maximum Gasteiger partial charge on any atom is 0.284 e. The van der Waals surface area contributed by atoms with E-state index in [4.69, 9.17) is 4.74 Å². The Hall–Kier alpha value is -2.09. The fourth-order valence-electron chi connectivity index (χ4n) is 2.74. The number of nitro groups is 1. The van der Waals surface area contributed by atoms with E-state index in [0.717, 1.165) is 30.7 Å². The van der Waals surface area contributed by atoms with E-state index in [1.54, 1.807) is 13.8 Å². The van der Waals surface area contributed by atoms with Crippen LogP contribution in [0.3, 0.4) is 0 Å². The minimum Gasteiger partial charge on any atom is -0.376 e. The molecule has 0 radical (unpaired) electrons. The lowest BCUT2D eigenvalue weighted by Crippen LogP contribution is -2.30. The fraction of sp³-hybridized carbons (Fsp3) is 0.533. The molecule has 0 bridgehead atoms. The summed E-state index contributed by atoms with van der Waals surface area (Å²) in [7, 11) is -3.84. The van der Waals surface area contributed by atoms with Crippen molar-refractivity contribution in [2.75, 3.05) is 6.61 Å². The second-order valence-corrected chi connectivity index (χ2v) is 9.27. The number of sulfonamides is 1. The second-order valence-electron chi connectivity index (χ2n) is 6.54. The number of nitrogens with one attached hydrogen (secondary N) is 1. The zero-order valence-corrected chi connectivity index (χ0v) is 16.9. The van der Waals surface area contributed by atoms with Crippen molar-refractivity contribution < 1.29 is 18.1 Å². The third-order valence-corrected chi connectivity index (χ3v) is 6.63. The van der Waals surface area contributed by atoms with Crippen molar-refractivity contribution in [2.45, 2.75) is 60.3 Å². The van der Waals surface area contributed by atoms with E-state index in [9.17, 15) is 18.5 Å². The molecular formula is C15H20N6O5S2. The van der Waals surface area contributed by atoms with Gasteiger partial charge in [-0.3, -0.25) is 10.1 Å². The zero-order chi connectivity index (χ0) is 20.3. The summed E-state index contributed by atoms with van der Waals surface area (Å²) in [4.78, 5) is 11.0. The number of aromatic nitrogens is 4. The van der Waals surface area contributed by atoms with Gasteiger partial charge in [-0.2, -0.15) is 0 Å². The summed E-state index contributed by atoms with van der Waals surface area (Å²) in [5, 5.41) is 23.4. The van der Waals surface area contributed by atoms with E-state index in [1.165, 1.54) is 16.8 Å². The molecule has 3 rings (SSSR count). The van der Waals surface area contributed by atoms with Gasteiger partial charge in [0.15, 0.2) is 0 Å². The maximum absolute atomic E-state index is 12.3. The molecule has 0 spiro atoms. The molecule has 152 valence electrons. The Balaban J connectivity index is 1.87. The highest BCUT2D eigenvalue weighted by Crippen LogP contribution is 2.35. The van der Waals surface area contributed by atoms with Gasteiger partial charge in [-0.05, 0) is 61.0 Å². The number of hydrogen-bond acceptors (Lipinski definition) is 9. The molecule has 1 unspecified atom stereocenters. The van der Waals surface area contributed by atoms with Gasteiger partial charge in [0, 0.05) is 18.7 Å². The number of nitro benzene ring substituents is 1. The molecule has 1 fully saturated rings. The first kappa shape index (κ1) is 20.6. The van der Waals surface area contributed by atoms with E-state index in [-0.39, 0.29) is 27.6 Å². The standard InChI is InChI=1S/C15H20N6O5S2/c1-10(2)17-28(24,25)12-5-6-14(13(8-12)21(22)23)27-15-16-18-19-20(15)9-11-4-3-7-26-11/h5-6,8,10-11,17H,3-4,7,9H2,1-2H3. The summed E-state index contributed by atoms with van der Waals surface area (Å²) in [6, 6.07) is 3.43. The van der Waals surface area contributed by atoms with Crippen molar-refractivity contribution in [2.24, 2.45) is 0 Å². The van der Waals surface area contributed by atoms with Gasteiger partial charge in [0.05, 0.1) is 27.4 Å². The van der Waals surface area contributed by atoms with Gasteiger partial charge in [0.2, 0.25) is 15.2 Å². The molecular weight excluding hydrogens is 408 g/mol. The van der Waals surface area contributed by atoms with Crippen molar-refractivity contribution >= 4 is 27.5 Å². The quantitative estimate of drug-likeness (QED) is 0.490. The van der Waals surface area contributed by atoms with Crippen LogP contribution < -0.4 is 4.72 Å². The van der Waals surface area contributed by atoms with Crippen LogP contribution in [0.5, 0.6) is 0 Å². The smallest absolute Gasteiger partial charge is 0.284 e. The molecule has 1 atom stereocenters. The molecule has 2 aromatic rings. The zero-order valence-electron chi connectivity index (χ0n) is 15.3. The summed E-state index contributed by atoms with van der Waals surface area (Å²) in [6.45, 7) is 4.49. The largest absolute Gasteiger partial charge is 0.376 e. The molecule has 13 heteroatoms. The summed E-state index contributed by atoms with van der Waals surface area (Å²) < 4.78 is 34.1. The van der Waals surface area contributed by atoms with Crippen molar-refractivity contribution in [1.29, 1.82) is 0 Å². The Bertz CT molecular complexity index is 956. The molecule has 28 heavy (non-hydrogen) atoms. The third-order valence-electron chi connectivity index (χ3n) is 3.93. The first-order chi connectivity index (χ1) is 13.3. The van der Waals surface area contributed by atoms with Crippen molar-refractivity contribution in [1.82, 2.24) is 24.9 Å². The molecule has 1 aromatic carbocycles. The van der Waals surface area contributed by atoms with E-state index in [1.807, 2.05) is 0 Å². The molecule has 1 saturated heterocycles. The summed E-state index contributed by atoms with van der Waals surface area (Å²) >= 11 is 1.01. The third kappa shape index (κ3) is 4.84. The minimum atomic E-state index is -3.84. The lowest BCUT2D eigenvalue weighted by molar-refractivity contribution is -0.388. The van der Waals surface area contributed by atoms with Gasteiger partial charge in [0.25, 0.3) is 5.69 Å². The number of rotatable bonds is 8. The molecule has 0 aliphatic carbocycles. The van der Waals surface area contributed by atoms with Crippen LogP contribution in [0.4, 0.5) is 5.69 Å². The Kier molecular flexibility index (Phi) is 6.27. The van der Waals surface area contributed by atoms with Crippen molar-refractivity contribution in [3.63, 3.8) is 0 Å². The average Bonchev–Trinajstić information content (AvgIpc) is 3.27. The molecule has 2 heterocycles. The molecule has 1 aliphatic rings. The maximum atomic E-state index is 12.3. The first-order valence-corrected chi connectivity index (χ1v) is 10.9. The van der Waals surface area contributed by atoms with Gasteiger partial charge in [-0.25, -0.2) is 17.8 Å². The molecule has 0 amide bonds. The van der Waals surface area contributed by atoms with Crippen LogP contribution >= 0.6 is 11.8 Å². The van der Waals surface area contributed by atoms with E-state index >= 15 is 0 Å². The van der Waals surface area contributed by atoms with Crippen LogP contribution in [0.2, 0.25) is 0 Å². The topological polar surface area (TPSA) is 142 Å². The van der Waals surface area contributed by atoms with Gasteiger partial charge in [-0.15, -0.1) is 5.10 Å². The predicted octanol–water partition coefficient (Wildman–Crippen LogP) is 1.60. The number of ether oxygens (including phenoxy) is 1.